The van der Waals surface area contributed by atoms with Crippen LogP contribution in [-0.4, -0.2) is 40.1 Å². The summed E-state index contributed by atoms with van der Waals surface area (Å²) in [7, 11) is 3.54. The molecule has 2 aromatic carbocycles. The van der Waals surface area contributed by atoms with Crippen molar-refractivity contribution in [1.82, 2.24) is 14.8 Å². The lowest BCUT2D eigenvalue weighted by atomic mass is 10.2. The normalized spacial score (nSPS) is 10.6. The van der Waals surface area contributed by atoms with Crippen molar-refractivity contribution < 1.29 is 9.53 Å². The molecule has 0 bridgehead atoms. The molecule has 0 aliphatic rings. The van der Waals surface area contributed by atoms with E-state index in [1.54, 1.807) is 12.0 Å². The second kappa shape index (κ2) is 8.73. The first kappa shape index (κ1) is 19.0. The lowest BCUT2D eigenvalue weighted by Gasteiger charge is -2.20. The van der Waals surface area contributed by atoms with Crippen molar-refractivity contribution >= 4 is 23.4 Å². The van der Waals surface area contributed by atoms with Gasteiger partial charge in [0.05, 0.1) is 12.9 Å². The number of para-hydroxylation sites is 1. The maximum Gasteiger partial charge on any atom is 0.237 e. The van der Waals surface area contributed by atoms with Crippen molar-refractivity contribution in [2.45, 2.75) is 12.1 Å². The molecule has 6 nitrogen and oxygen atoms in total. The molecule has 1 heterocycles. The second-order valence-electron chi connectivity index (χ2n) is 5.86. The van der Waals surface area contributed by atoms with Gasteiger partial charge < -0.3 is 14.2 Å². The Bertz CT molecular complexity index is 894. The highest BCUT2D eigenvalue weighted by molar-refractivity contribution is 7.99. The summed E-state index contributed by atoms with van der Waals surface area (Å²) < 4.78 is 7.09. The van der Waals surface area contributed by atoms with Crippen molar-refractivity contribution in [1.29, 1.82) is 0 Å². The van der Waals surface area contributed by atoms with Crippen molar-refractivity contribution in [3.8, 4) is 17.1 Å². The zero-order valence-corrected chi connectivity index (χ0v) is 16.4. The number of methoxy groups -OCH3 is 1. The number of hydrogen-bond donors (Lipinski definition) is 0. The van der Waals surface area contributed by atoms with E-state index in [9.17, 15) is 4.79 Å². The van der Waals surface area contributed by atoms with Crippen LogP contribution >= 0.6 is 11.8 Å². The summed E-state index contributed by atoms with van der Waals surface area (Å²) in [5.41, 5.74) is 1.85. The quantitative estimate of drug-likeness (QED) is 0.584. The van der Waals surface area contributed by atoms with Crippen LogP contribution in [0.3, 0.4) is 0 Å². The van der Waals surface area contributed by atoms with Crippen molar-refractivity contribution in [2.75, 3.05) is 24.3 Å². The van der Waals surface area contributed by atoms with Gasteiger partial charge in [-0.3, -0.25) is 4.79 Å². The van der Waals surface area contributed by atoms with Crippen LogP contribution in [0.4, 0.5) is 5.69 Å². The minimum absolute atomic E-state index is 0.0442. The summed E-state index contributed by atoms with van der Waals surface area (Å²) in [5.74, 6) is 1.89. The van der Waals surface area contributed by atoms with E-state index in [0.29, 0.717) is 17.5 Å². The Morgan fingerprint density at radius 3 is 2.44 bits per heavy atom. The van der Waals surface area contributed by atoms with E-state index in [0.717, 1.165) is 22.8 Å². The predicted molar refractivity (Wildman–Crippen MR) is 108 cm³/mol. The minimum Gasteiger partial charge on any atom is -0.497 e. The molecule has 0 radical (unpaired) electrons. The largest absolute Gasteiger partial charge is 0.497 e. The van der Waals surface area contributed by atoms with Gasteiger partial charge in [0.1, 0.15) is 5.75 Å². The molecule has 0 aliphatic carbocycles. The van der Waals surface area contributed by atoms with Crippen LogP contribution in [0.1, 0.15) is 6.92 Å². The second-order valence-corrected chi connectivity index (χ2v) is 6.80. The fourth-order valence-electron chi connectivity index (χ4n) is 2.75. The zero-order valence-electron chi connectivity index (χ0n) is 15.6. The van der Waals surface area contributed by atoms with Crippen molar-refractivity contribution in [2.24, 2.45) is 7.05 Å². The van der Waals surface area contributed by atoms with E-state index in [-0.39, 0.29) is 5.91 Å². The molecular formula is C20H22N4O2S. The van der Waals surface area contributed by atoms with Crippen LogP contribution in [0, 0.1) is 0 Å². The number of carbonyl (C=O) groups is 1. The predicted octanol–water partition coefficient (Wildman–Crippen LogP) is 3.64. The van der Waals surface area contributed by atoms with Gasteiger partial charge in [-0.1, -0.05) is 30.0 Å². The molecular weight excluding hydrogens is 360 g/mol. The maximum absolute atomic E-state index is 12.6. The number of carbonyl (C=O) groups excluding carboxylic acids is 1. The highest BCUT2D eigenvalue weighted by Crippen LogP contribution is 2.25. The summed E-state index contributed by atoms with van der Waals surface area (Å²) in [6.45, 7) is 2.60. The van der Waals surface area contributed by atoms with Crippen LogP contribution in [0.25, 0.3) is 11.4 Å². The van der Waals surface area contributed by atoms with E-state index in [4.69, 9.17) is 4.74 Å². The number of aromatic nitrogens is 3. The monoisotopic (exact) mass is 382 g/mol. The molecule has 0 spiro atoms. The Hall–Kier alpha value is -2.80. The summed E-state index contributed by atoms with van der Waals surface area (Å²) in [6, 6.07) is 17.3. The third-order valence-electron chi connectivity index (χ3n) is 4.19. The number of thioether (sulfide) groups is 1. The van der Waals surface area contributed by atoms with E-state index in [2.05, 4.69) is 10.2 Å². The summed E-state index contributed by atoms with van der Waals surface area (Å²) in [6.07, 6.45) is 0. The lowest BCUT2D eigenvalue weighted by molar-refractivity contribution is -0.116. The molecule has 0 atom stereocenters. The SMILES string of the molecule is CCN(C(=O)CSc1nnc(-c2ccc(OC)cc2)n1C)c1ccccc1. The summed E-state index contributed by atoms with van der Waals surface area (Å²) in [5, 5.41) is 9.21. The highest BCUT2D eigenvalue weighted by Gasteiger charge is 2.17. The van der Waals surface area contributed by atoms with Crippen LogP contribution < -0.4 is 9.64 Å². The maximum atomic E-state index is 12.6. The van der Waals surface area contributed by atoms with Crippen molar-refractivity contribution in [3.05, 3.63) is 54.6 Å². The highest BCUT2D eigenvalue weighted by atomic mass is 32.2. The lowest BCUT2D eigenvalue weighted by Crippen LogP contribution is -2.32. The molecule has 7 heteroatoms. The molecule has 3 aromatic rings. The number of amides is 1. The molecule has 27 heavy (non-hydrogen) atoms. The Labute approximate surface area is 163 Å². The zero-order chi connectivity index (χ0) is 19.2. The van der Waals surface area contributed by atoms with Gasteiger partial charge >= 0.3 is 0 Å². The third-order valence-corrected chi connectivity index (χ3v) is 5.20. The standard InChI is InChI=1S/C20H22N4O2S/c1-4-24(16-8-6-5-7-9-16)18(25)14-27-20-22-21-19(23(20)2)15-10-12-17(26-3)13-11-15/h5-13H,4,14H2,1-3H3. The topological polar surface area (TPSA) is 60.3 Å². The van der Waals surface area contributed by atoms with Gasteiger partial charge in [0.15, 0.2) is 11.0 Å². The van der Waals surface area contributed by atoms with Gasteiger partial charge in [0, 0.05) is 24.8 Å². The van der Waals surface area contributed by atoms with E-state index < -0.39 is 0 Å². The molecule has 3 rings (SSSR count). The van der Waals surface area contributed by atoms with Gasteiger partial charge in [0.2, 0.25) is 5.91 Å². The molecule has 0 aliphatic heterocycles. The molecule has 140 valence electrons. The van der Waals surface area contributed by atoms with Crippen LogP contribution in [-0.2, 0) is 11.8 Å². The average Bonchev–Trinajstić information content (AvgIpc) is 3.08. The van der Waals surface area contributed by atoms with E-state index in [1.807, 2.05) is 73.1 Å². The first-order valence-corrected chi connectivity index (χ1v) is 9.64. The third kappa shape index (κ3) is 4.31. The number of ether oxygens (including phenoxy) is 1. The van der Waals surface area contributed by atoms with Crippen LogP contribution in [0.2, 0.25) is 0 Å². The fourth-order valence-corrected chi connectivity index (χ4v) is 3.53. The Morgan fingerprint density at radius 1 is 1.11 bits per heavy atom. The fraction of sp³-hybridized carbons (Fsp3) is 0.250. The first-order valence-electron chi connectivity index (χ1n) is 8.66. The van der Waals surface area contributed by atoms with Gasteiger partial charge in [-0.05, 0) is 43.3 Å². The molecule has 0 unspecified atom stereocenters. The van der Waals surface area contributed by atoms with Crippen LogP contribution in [0.5, 0.6) is 5.75 Å². The van der Waals surface area contributed by atoms with Gasteiger partial charge in [-0.2, -0.15) is 0 Å². The first-order chi connectivity index (χ1) is 13.1. The number of anilines is 1. The van der Waals surface area contributed by atoms with Crippen LogP contribution in [0.15, 0.2) is 59.8 Å². The van der Waals surface area contributed by atoms with E-state index >= 15 is 0 Å². The number of hydrogen-bond acceptors (Lipinski definition) is 5. The number of nitrogens with zero attached hydrogens (tertiary/aromatic N) is 4. The van der Waals surface area contributed by atoms with Gasteiger partial charge in [0.25, 0.3) is 0 Å². The average molecular weight is 382 g/mol. The molecule has 0 N–H and O–H groups in total. The van der Waals surface area contributed by atoms with Gasteiger partial charge in [-0.25, -0.2) is 0 Å². The number of benzene rings is 2. The Balaban J connectivity index is 1.69. The van der Waals surface area contributed by atoms with E-state index in [1.165, 1.54) is 11.8 Å². The smallest absolute Gasteiger partial charge is 0.237 e. The molecule has 0 saturated carbocycles. The van der Waals surface area contributed by atoms with Gasteiger partial charge in [-0.15, -0.1) is 10.2 Å². The Kier molecular flexibility index (Phi) is 6.13. The summed E-state index contributed by atoms with van der Waals surface area (Å²) in [4.78, 5) is 14.4. The van der Waals surface area contributed by atoms with Crippen molar-refractivity contribution in [3.63, 3.8) is 0 Å². The summed E-state index contributed by atoms with van der Waals surface area (Å²) >= 11 is 1.39. The molecule has 0 saturated heterocycles. The number of rotatable bonds is 7. The molecule has 1 aromatic heterocycles. The molecule has 0 fully saturated rings. The molecule has 1 amide bonds. The Morgan fingerprint density at radius 2 is 1.81 bits per heavy atom. The minimum atomic E-state index is 0.0442.